The minimum Gasteiger partial charge on any atom is -0.481 e. The second-order valence-corrected chi connectivity index (χ2v) is 4.19. The molecular formula is C11H13N5O4. The predicted octanol–water partition coefficient (Wildman–Crippen LogP) is -1.64. The molecule has 1 unspecified atom stereocenters. The lowest BCUT2D eigenvalue weighted by Crippen LogP contribution is -2.56. The van der Waals surface area contributed by atoms with Crippen LogP contribution in [0.25, 0.3) is 0 Å². The maximum absolute atomic E-state index is 11.8. The van der Waals surface area contributed by atoms with E-state index in [1.807, 2.05) is 0 Å². The average molecular weight is 279 g/mol. The van der Waals surface area contributed by atoms with Crippen LogP contribution < -0.4 is 16.0 Å². The summed E-state index contributed by atoms with van der Waals surface area (Å²) in [6.07, 6.45) is 2.26. The van der Waals surface area contributed by atoms with E-state index in [0.29, 0.717) is 13.1 Å². The van der Waals surface area contributed by atoms with Gasteiger partial charge in [-0.15, -0.1) is 0 Å². The molecule has 2 amide bonds. The van der Waals surface area contributed by atoms with Crippen molar-refractivity contribution in [1.82, 2.24) is 15.3 Å². The fraction of sp³-hybridized carbons (Fsp3) is 0.364. The fourth-order valence-electron chi connectivity index (χ4n) is 2.05. The van der Waals surface area contributed by atoms with Crippen molar-refractivity contribution in [2.75, 3.05) is 18.0 Å². The number of rotatable bonds is 4. The van der Waals surface area contributed by atoms with Crippen molar-refractivity contribution >= 4 is 23.6 Å². The summed E-state index contributed by atoms with van der Waals surface area (Å²) in [6, 6.07) is -0.948. The third kappa shape index (κ3) is 2.66. The number of amides is 2. The summed E-state index contributed by atoms with van der Waals surface area (Å²) in [6.45, 7) is 0.645. The first kappa shape index (κ1) is 13.7. The molecule has 1 atom stereocenters. The number of nitrogens with two attached hydrogens (primary N) is 1. The Labute approximate surface area is 113 Å². The van der Waals surface area contributed by atoms with Gasteiger partial charge in [-0.05, 0) is 0 Å². The number of carboxylic acids is 1. The Balaban J connectivity index is 2.40. The van der Waals surface area contributed by atoms with Gasteiger partial charge in [0.1, 0.15) is 6.04 Å². The fourth-order valence-corrected chi connectivity index (χ4v) is 2.05. The van der Waals surface area contributed by atoms with Gasteiger partial charge >= 0.3 is 5.97 Å². The topological polar surface area (TPSA) is 139 Å². The van der Waals surface area contributed by atoms with Crippen LogP contribution in [0.15, 0.2) is 12.4 Å². The Morgan fingerprint density at radius 3 is 2.80 bits per heavy atom. The molecule has 1 aromatic heterocycles. The molecule has 106 valence electrons. The third-order valence-electron chi connectivity index (χ3n) is 2.88. The maximum Gasteiger partial charge on any atom is 0.305 e. The minimum absolute atomic E-state index is 0.0856. The highest BCUT2D eigenvalue weighted by atomic mass is 16.4. The highest BCUT2D eigenvalue weighted by molar-refractivity contribution is 5.97. The van der Waals surface area contributed by atoms with Gasteiger partial charge < -0.3 is 21.1 Å². The lowest BCUT2D eigenvalue weighted by Gasteiger charge is -2.35. The SMILES string of the molecule is NC(=O)c1nccnc1N1CCNC(=O)C1CC(=O)O. The van der Waals surface area contributed by atoms with Gasteiger partial charge in [0.15, 0.2) is 11.5 Å². The molecule has 0 spiro atoms. The standard InChI is InChI=1S/C11H13N5O4/c12-9(19)8-10(14-2-1-13-8)16-4-3-15-11(20)6(16)5-7(17)18/h1-2,6H,3-5H2,(H2,12,19)(H,15,20)(H,17,18). The van der Waals surface area contributed by atoms with E-state index in [0.717, 1.165) is 0 Å². The number of carbonyl (C=O) groups is 3. The van der Waals surface area contributed by atoms with Crippen LogP contribution >= 0.6 is 0 Å². The molecule has 1 fully saturated rings. The molecule has 4 N–H and O–H groups in total. The van der Waals surface area contributed by atoms with E-state index >= 15 is 0 Å². The van der Waals surface area contributed by atoms with Crippen LogP contribution in [0.2, 0.25) is 0 Å². The number of hydrogen-bond donors (Lipinski definition) is 3. The molecule has 0 saturated carbocycles. The summed E-state index contributed by atoms with van der Waals surface area (Å²) in [4.78, 5) is 43.3. The predicted molar refractivity (Wildman–Crippen MR) is 66.9 cm³/mol. The number of nitrogens with zero attached hydrogens (tertiary/aromatic N) is 3. The smallest absolute Gasteiger partial charge is 0.305 e. The minimum atomic E-state index is -1.12. The molecule has 1 aromatic rings. The number of anilines is 1. The van der Waals surface area contributed by atoms with Crippen LogP contribution in [0, 0.1) is 0 Å². The normalized spacial score (nSPS) is 18.5. The van der Waals surface area contributed by atoms with Crippen molar-refractivity contribution in [2.24, 2.45) is 5.73 Å². The zero-order valence-corrected chi connectivity index (χ0v) is 10.4. The van der Waals surface area contributed by atoms with Crippen LogP contribution in [-0.2, 0) is 9.59 Å². The van der Waals surface area contributed by atoms with Crippen molar-refractivity contribution in [3.63, 3.8) is 0 Å². The number of aromatic nitrogens is 2. The van der Waals surface area contributed by atoms with Gasteiger partial charge in [-0.2, -0.15) is 0 Å². The molecule has 0 radical (unpaired) electrons. The van der Waals surface area contributed by atoms with Crippen LogP contribution in [0.5, 0.6) is 0 Å². The molecule has 0 bridgehead atoms. The van der Waals surface area contributed by atoms with Crippen molar-refractivity contribution in [1.29, 1.82) is 0 Å². The third-order valence-corrected chi connectivity index (χ3v) is 2.88. The van der Waals surface area contributed by atoms with Crippen LogP contribution in [-0.4, -0.2) is 52.0 Å². The summed E-state index contributed by atoms with van der Waals surface area (Å²) in [7, 11) is 0. The Bertz CT molecular complexity index is 561. The molecule has 1 saturated heterocycles. The highest BCUT2D eigenvalue weighted by Crippen LogP contribution is 2.20. The first-order chi connectivity index (χ1) is 9.50. The molecule has 1 aliphatic heterocycles. The quantitative estimate of drug-likeness (QED) is 0.600. The van der Waals surface area contributed by atoms with Crippen molar-refractivity contribution in [3.8, 4) is 0 Å². The van der Waals surface area contributed by atoms with E-state index in [2.05, 4.69) is 15.3 Å². The Morgan fingerprint density at radius 1 is 1.45 bits per heavy atom. The molecule has 20 heavy (non-hydrogen) atoms. The zero-order chi connectivity index (χ0) is 14.7. The van der Waals surface area contributed by atoms with Crippen molar-refractivity contribution in [3.05, 3.63) is 18.1 Å². The summed E-state index contributed by atoms with van der Waals surface area (Å²) < 4.78 is 0. The average Bonchev–Trinajstić information content (AvgIpc) is 2.40. The highest BCUT2D eigenvalue weighted by Gasteiger charge is 2.34. The zero-order valence-electron chi connectivity index (χ0n) is 10.4. The number of aliphatic carboxylic acids is 1. The van der Waals surface area contributed by atoms with Crippen LogP contribution in [0.4, 0.5) is 5.82 Å². The van der Waals surface area contributed by atoms with Gasteiger partial charge in [-0.25, -0.2) is 9.97 Å². The van der Waals surface area contributed by atoms with E-state index in [1.54, 1.807) is 0 Å². The number of nitrogens with one attached hydrogen (secondary N) is 1. The number of hydrogen-bond acceptors (Lipinski definition) is 6. The number of carbonyl (C=O) groups excluding carboxylic acids is 2. The van der Waals surface area contributed by atoms with E-state index in [9.17, 15) is 14.4 Å². The summed E-state index contributed by atoms with van der Waals surface area (Å²) in [5.41, 5.74) is 5.13. The molecule has 2 rings (SSSR count). The van der Waals surface area contributed by atoms with Gasteiger partial charge in [0.25, 0.3) is 5.91 Å². The van der Waals surface area contributed by atoms with E-state index in [1.165, 1.54) is 17.3 Å². The molecule has 9 heteroatoms. The van der Waals surface area contributed by atoms with Gasteiger partial charge in [-0.1, -0.05) is 0 Å². The summed E-state index contributed by atoms with van der Waals surface area (Å²) in [5.74, 6) is -2.21. The van der Waals surface area contributed by atoms with Gasteiger partial charge in [0, 0.05) is 25.5 Å². The van der Waals surface area contributed by atoms with Crippen LogP contribution in [0.3, 0.4) is 0 Å². The van der Waals surface area contributed by atoms with E-state index in [4.69, 9.17) is 10.8 Å². The number of carboxylic acid groups (broad SMARTS) is 1. The maximum atomic E-state index is 11.8. The van der Waals surface area contributed by atoms with Gasteiger partial charge in [-0.3, -0.25) is 14.4 Å². The Hall–Kier alpha value is -2.71. The Kier molecular flexibility index (Phi) is 3.78. The first-order valence-electron chi connectivity index (χ1n) is 5.87. The van der Waals surface area contributed by atoms with Crippen molar-refractivity contribution in [2.45, 2.75) is 12.5 Å². The van der Waals surface area contributed by atoms with Crippen molar-refractivity contribution < 1.29 is 19.5 Å². The Morgan fingerprint density at radius 2 is 2.15 bits per heavy atom. The molecule has 1 aliphatic rings. The molecule has 0 aromatic carbocycles. The first-order valence-corrected chi connectivity index (χ1v) is 5.87. The monoisotopic (exact) mass is 279 g/mol. The van der Waals surface area contributed by atoms with Gasteiger partial charge in [0.2, 0.25) is 5.91 Å². The number of primary amides is 1. The molecule has 0 aliphatic carbocycles. The van der Waals surface area contributed by atoms with Crippen LogP contribution in [0.1, 0.15) is 16.9 Å². The lowest BCUT2D eigenvalue weighted by molar-refractivity contribution is -0.139. The van der Waals surface area contributed by atoms with E-state index in [-0.39, 0.29) is 11.5 Å². The van der Waals surface area contributed by atoms with E-state index < -0.39 is 30.2 Å². The second-order valence-electron chi connectivity index (χ2n) is 4.19. The summed E-state index contributed by atoms with van der Waals surface area (Å²) >= 11 is 0. The molecular weight excluding hydrogens is 266 g/mol. The lowest BCUT2D eigenvalue weighted by atomic mass is 10.1. The molecule has 2 heterocycles. The largest absolute Gasteiger partial charge is 0.481 e. The van der Waals surface area contributed by atoms with Gasteiger partial charge in [0.05, 0.1) is 6.42 Å². The molecule has 9 nitrogen and oxygen atoms in total. The second kappa shape index (κ2) is 5.51. The summed E-state index contributed by atoms with van der Waals surface area (Å²) in [5, 5.41) is 11.5. The number of piperazine rings is 1.